The second-order valence-corrected chi connectivity index (χ2v) is 13.0. The van der Waals surface area contributed by atoms with Gasteiger partial charge in [0.1, 0.15) is 16.7 Å². The van der Waals surface area contributed by atoms with Crippen LogP contribution in [0.2, 0.25) is 0 Å². The maximum absolute atomic E-state index is 6.27. The number of nitrogens with zero attached hydrogens (tertiary/aromatic N) is 4. The van der Waals surface area contributed by atoms with Crippen LogP contribution in [-0.2, 0) is 0 Å². The molecule has 0 unspecified atom stereocenters. The Balaban J connectivity index is 1.17. The number of fused-ring (bicyclic) bond motifs is 8. The minimum absolute atomic E-state index is 0.581. The summed E-state index contributed by atoms with van der Waals surface area (Å²) in [6.07, 6.45) is 3.72. The molecule has 0 bridgehead atoms. The number of furan rings is 2. The van der Waals surface area contributed by atoms with Crippen LogP contribution in [0.15, 0.2) is 167 Å². The number of rotatable bonds is 4. The smallest absolute Gasteiger partial charge is 0.164 e. The van der Waals surface area contributed by atoms with E-state index in [-0.39, 0.29) is 0 Å². The SMILES string of the molecule is c1ccc2cc(-c3nc(-c4cccc5c(-c6cncc7oc8ccccc8c67)cccc45)nc(-c4cccc5oc6ccccc6c45)n3)ccc2c1. The molecule has 6 nitrogen and oxygen atoms in total. The van der Waals surface area contributed by atoms with Crippen molar-refractivity contribution >= 4 is 65.4 Å². The Hall–Kier alpha value is -7.18. The van der Waals surface area contributed by atoms with Gasteiger partial charge in [0.15, 0.2) is 23.1 Å². The van der Waals surface area contributed by atoms with E-state index in [1.807, 2.05) is 54.7 Å². The van der Waals surface area contributed by atoms with Crippen LogP contribution in [-0.4, -0.2) is 19.9 Å². The maximum atomic E-state index is 6.27. The zero-order valence-electron chi connectivity index (χ0n) is 27.6. The van der Waals surface area contributed by atoms with E-state index in [4.69, 9.17) is 23.8 Å². The van der Waals surface area contributed by atoms with Crippen molar-refractivity contribution in [2.24, 2.45) is 0 Å². The topological polar surface area (TPSA) is 77.8 Å². The van der Waals surface area contributed by atoms with Gasteiger partial charge in [0.25, 0.3) is 0 Å². The molecule has 0 atom stereocenters. The molecular weight excluding hydrogens is 641 g/mol. The summed E-state index contributed by atoms with van der Waals surface area (Å²) in [5.41, 5.74) is 7.99. The highest BCUT2D eigenvalue weighted by Crippen LogP contribution is 2.41. The normalized spacial score (nSPS) is 11.8. The van der Waals surface area contributed by atoms with E-state index in [2.05, 4.69) is 102 Å². The molecule has 0 amide bonds. The van der Waals surface area contributed by atoms with Crippen molar-refractivity contribution in [3.05, 3.63) is 158 Å². The van der Waals surface area contributed by atoms with Crippen molar-refractivity contribution < 1.29 is 8.83 Å². The quantitative estimate of drug-likeness (QED) is 0.186. The average Bonchev–Trinajstić information content (AvgIpc) is 3.79. The zero-order valence-corrected chi connectivity index (χ0v) is 27.6. The number of pyridine rings is 1. The van der Waals surface area contributed by atoms with Crippen molar-refractivity contribution in [2.75, 3.05) is 0 Å². The molecule has 242 valence electrons. The predicted molar refractivity (Wildman–Crippen MR) is 209 cm³/mol. The zero-order chi connectivity index (χ0) is 34.2. The monoisotopic (exact) mass is 666 g/mol. The number of hydrogen-bond acceptors (Lipinski definition) is 6. The lowest BCUT2D eigenvalue weighted by Crippen LogP contribution is -2.01. The molecule has 0 aliphatic carbocycles. The first-order chi connectivity index (χ1) is 25.8. The van der Waals surface area contributed by atoms with Gasteiger partial charge in [-0.25, -0.2) is 15.0 Å². The molecule has 4 heterocycles. The van der Waals surface area contributed by atoms with Gasteiger partial charge in [-0.2, -0.15) is 0 Å². The van der Waals surface area contributed by atoms with Gasteiger partial charge in [0.05, 0.1) is 6.20 Å². The van der Waals surface area contributed by atoms with Crippen LogP contribution < -0.4 is 0 Å². The van der Waals surface area contributed by atoms with E-state index in [0.29, 0.717) is 17.5 Å². The molecule has 0 fully saturated rings. The van der Waals surface area contributed by atoms with Crippen molar-refractivity contribution in [3.8, 4) is 45.3 Å². The van der Waals surface area contributed by atoms with Gasteiger partial charge in [-0.1, -0.05) is 121 Å². The molecule has 4 aromatic heterocycles. The molecule has 0 radical (unpaired) electrons. The number of aromatic nitrogens is 4. The predicted octanol–water partition coefficient (Wildman–Crippen LogP) is 12.0. The van der Waals surface area contributed by atoms with Crippen LogP contribution in [0.1, 0.15) is 0 Å². The van der Waals surface area contributed by atoms with Gasteiger partial charge in [0.2, 0.25) is 0 Å². The molecule has 0 N–H and O–H groups in total. The van der Waals surface area contributed by atoms with E-state index in [1.54, 1.807) is 6.20 Å². The molecule has 11 aromatic rings. The van der Waals surface area contributed by atoms with Crippen LogP contribution >= 0.6 is 0 Å². The number of para-hydroxylation sites is 2. The van der Waals surface area contributed by atoms with Gasteiger partial charge in [-0.05, 0) is 51.4 Å². The molecule has 11 rings (SSSR count). The lowest BCUT2D eigenvalue weighted by atomic mass is 9.94. The molecule has 7 aromatic carbocycles. The first-order valence-corrected chi connectivity index (χ1v) is 17.2. The molecule has 0 aliphatic heterocycles. The van der Waals surface area contributed by atoms with E-state index in [0.717, 1.165) is 93.2 Å². The molecule has 0 spiro atoms. The summed E-state index contributed by atoms with van der Waals surface area (Å²) < 4.78 is 12.5. The summed E-state index contributed by atoms with van der Waals surface area (Å²) in [5.74, 6) is 1.77. The Morgan fingerprint density at radius 3 is 1.71 bits per heavy atom. The number of benzene rings is 7. The van der Waals surface area contributed by atoms with Crippen LogP contribution in [0.4, 0.5) is 0 Å². The minimum atomic E-state index is 0.581. The highest BCUT2D eigenvalue weighted by Gasteiger charge is 2.20. The Kier molecular flexibility index (Phi) is 6.15. The Bertz CT molecular complexity index is 3210. The third kappa shape index (κ3) is 4.38. The fraction of sp³-hybridized carbons (Fsp3) is 0. The Labute approximate surface area is 296 Å². The second kappa shape index (κ2) is 11.2. The van der Waals surface area contributed by atoms with Crippen LogP contribution in [0.25, 0.3) is 111 Å². The lowest BCUT2D eigenvalue weighted by Gasteiger charge is -2.13. The Morgan fingerprint density at radius 2 is 0.904 bits per heavy atom. The minimum Gasteiger partial charge on any atom is -0.456 e. The van der Waals surface area contributed by atoms with Crippen LogP contribution in [0.5, 0.6) is 0 Å². The van der Waals surface area contributed by atoms with Crippen molar-refractivity contribution in [3.63, 3.8) is 0 Å². The molecular formula is C46H26N4O2. The van der Waals surface area contributed by atoms with Crippen molar-refractivity contribution in [1.82, 2.24) is 19.9 Å². The molecule has 0 saturated carbocycles. The summed E-state index contributed by atoms with van der Waals surface area (Å²) in [5, 5.41) is 8.48. The van der Waals surface area contributed by atoms with Crippen molar-refractivity contribution in [2.45, 2.75) is 0 Å². The molecule has 6 heteroatoms. The fourth-order valence-corrected chi connectivity index (χ4v) is 7.66. The summed E-state index contributed by atoms with van der Waals surface area (Å²) in [6.45, 7) is 0. The summed E-state index contributed by atoms with van der Waals surface area (Å²) >= 11 is 0. The van der Waals surface area contributed by atoms with Gasteiger partial charge < -0.3 is 8.83 Å². The first kappa shape index (κ1) is 28.6. The molecule has 0 aliphatic rings. The largest absolute Gasteiger partial charge is 0.456 e. The second-order valence-electron chi connectivity index (χ2n) is 13.0. The van der Waals surface area contributed by atoms with E-state index >= 15 is 0 Å². The number of hydrogen-bond donors (Lipinski definition) is 0. The molecule has 52 heavy (non-hydrogen) atoms. The standard InChI is InChI=1S/C46H26N4O2/c1-2-11-28-24-29(23-22-27(28)10-1)44-48-45(50-46(49-44)36-18-9-21-40-42(36)34-12-3-5-19-38(34)51-40)33-17-8-14-30-31(33)15-7-16-32(30)37-25-47-26-41-43(37)35-13-4-6-20-39(35)52-41/h1-26H. The average molecular weight is 667 g/mol. The summed E-state index contributed by atoms with van der Waals surface area (Å²) in [7, 11) is 0. The van der Waals surface area contributed by atoms with Gasteiger partial charge in [-0.3, -0.25) is 4.98 Å². The van der Waals surface area contributed by atoms with Crippen molar-refractivity contribution in [1.29, 1.82) is 0 Å². The van der Waals surface area contributed by atoms with E-state index in [9.17, 15) is 0 Å². The highest BCUT2D eigenvalue weighted by atomic mass is 16.3. The first-order valence-electron chi connectivity index (χ1n) is 17.2. The van der Waals surface area contributed by atoms with Gasteiger partial charge in [0, 0.05) is 50.0 Å². The maximum Gasteiger partial charge on any atom is 0.164 e. The lowest BCUT2D eigenvalue weighted by molar-refractivity contribution is 0.667. The van der Waals surface area contributed by atoms with E-state index < -0.39 is 0 Å². The third-order valence-electron chi connectivity index (χ3n) is 10.0. The van der Waals surface area contributed by atoms with Gasteiger partial charge >= 0.3 is 0 Å². The van der Waals surface area contributed by atoms with Gasteiger partial charge in [-0.15, -0.1) is 0 Å². The highest BCUT2D eigenvalue weighted by molar-refractivity contribution is 6.16. The Morgan fingerprint density at radius 1 is 0.346 bits per heavy atom. The van der Waals surface area contributed by atoms with Crippen LogP contribution in [0.3, 0.4) is 0 Å². The fourth-order valence-electron chi connectivity index (χ4n) is 7.66. The summed E-state index contributed by atoms with van der Waals surface area (Å²) in [4.78, 5) is 20.2. The third-order valence-corrected chi connectivity index (χ3v) is 10.0. The summed E-state index contributed by atoms with van der Waals surface area (Å²) in [6, 6.07) is 49.7. The molecule has 0 saturated heterocycles. The van der Waals surface area contributed by atoms with Crippen LogP contribution in [0, 0.1) is 0 Å². The van der Waals surface area contributed by atoms with E-state index in [1.165, 1.54) is 0 Å².